The van der Waals surface area contributed by atoms with Crippen molar-refractivity contribution in [2.24, 2.45) is 0 Å². The topological polar surface area (TPSA) is 39.4 Å². The lowest BCUT2D eigenvalue weighted by molar-refractivity contribution is -0.147. The fraction of sp³-hybridized carbons (Fsp3) is 0.533. The monoisotopic (exact) mass is 250 g/mol. The van der Waals surface area contributed by atoms with Crippen molar-refractivity contribution in [2.45, 2.75) is 52.1 Å². The molecule has 0 atom stereocenters. The van der Waals surface area contributed by atoms with Crippen LogP contribution in [0.5, 0.6) is 0 Å². The Morgan fingerprint density at radius 3 is 2.83 bits per heavy atom. The maximum absolute atomic E-state index is 11.2. The molecular formula is C15H22O3. The van der Waals surface area contributed by atoms with Gasteiger partial charge in [-0.25, -0.2) is 0 Å². The normalized spacial score (nSPS) is 11.3. The maximum Gasteiger partial charge on any atom is 0.306 e. The third kappa shape index (κ3) is 6.94. The van der Waals surface area contributed by atoms with Crippen LogP contribution >= 0.6 is 0 Å². The summed E-state index contributed by atoms with van der Waals surface area (Å²) < 4.78 is 10.3. The fourth-order valence-corrected chi connectivity index (χ4v) is 1.60. The standard InChI is InChI=1S/C15H22O3/c1-13(2)18-15(16)11-7-5-3-4-6-9-14-10-8-12-17-14/h3-4,8,10,12-13H,5-7,9,11H2,1-2H3/b4-3-. The minimum Gasteiger partial charge on any atom is -0.469 e. The summed E-state index contributed by atoms with van der Waals surface area (Å²) in [4.78, 5) is 11.2. The summed E-state index contributed by atoms with van der Waals surface area (Å²) in [6.07, 6.45) is 10.1. The summed E-state index contributed by atoms with van der Waals surface area (Å²) in [6, 6.07) is 3.88. The second-order valence-electron chi connectivity index (χ2n) is 4.52. The quantitative estimate of drug-likeness (QED) is 0.399. The van der Waals surface area contributed by atoms with E-state index in [0.717, 1.165) is 31.4 Å². The summed E-state index contributed by atoms with van der Waals surface area (Å²) in [5.74, 6) is 0.911. The zero-order valence-corrected chi connectivity index (χ0v) is 11.2. The summed E-state index contributed by atoms with van der Waals surface area (Å²) in [5, 5.41) is 0. The molecule has 0 spiro atoms. The highest BCUT2D eigenvalue weighted by Gasteiger charge is 2.03. The molecule has 0 aliphatic heterocycles. The minimum atomic E-state index is -0.103. The van der Waals surface area contributed by atoms with Crippen molar-refractivity contribution in [3.63, 3.8) is 0 Å². The Morgan fingerprint density at radius 1 is 1.39 bits per heavy atom. The Bertz CT molecular complexity index is 350. The number of allylic oxidation sites excluding steroid dienone is 2. The van der Waals surface area contributed by atoms with Gasteiger partial charge in [0.05, 0.1) is 12.4 Å². The molecule has 0 amide bonds. The van der Waals surface area contributed by atoms with Crippen LogP contribution in [-0.2, 0) is 16.0 Å². The van der Waals surface area contributed by atoms with Crippen molar-refractivity contribution in [1.82, 2.24) is 0 Å². The minimum absolute atomic E-state index is 0.0127. The van der Waals surface area contributed by atoms with Crippen LogP contribution in [0.15, 0.2) is 35.0 Å². The van der Waals surface area contributed by atoms with E-state index in [0.29, 0.717) is 6.42 Å². The molecule has 1 heterocycles. The van der Waals surface area contributed by atoms with Crippen LogP contribution in [0.25, 0.3) is 0 Å². The number of hydrogen-bond acceptors (Lipinski definition) is 3. The van der Waals surface area contributed by atoms with Crippen molar-refractivity contribution in [3.05, 3.63) is 36.3 Å². The van der Waals surface area contributed by atoms with Crippen LogP contribution < -0.4 is 0 Å². The molecule has 0 bridgehead atoms. The number of rotatable bonds is 8. The summed E-state index contributed by atoms with van der Waals surface area (Å²) in [5.41, 5.74) is 0. The number of esters is 1. The molecule has 0 saturated carbocycles. The zero-order chi connectivity index (χ0) is 13.2. The molecule has 3 heteroatoms. The number of aryl methyl sites for hydroxylation is 1. The molecule has 0 radical (unpaired) electrons. The van der Waals surface area contributed by atoms with E-state index >= 15 is 0 Å². The van der Waals surface area contributed by atoms with Crippen LogP contribution in [0.2, 0.25) is 0 Å². The van der Waals surface area contributed by atoms with E-state index in [1.54, 1.807) is 6.26 Å². The van der Waals surface area contributed by atoms with E-state index in [1.807, 2.05) is 26.0 Å². The lowest BCUT2D eigenvalue weighted by Gasteiger charge is -2.06. The molecule has 0 aliphatic rings. The molecular weight excluding hydrogens is 228 g/mol. The number of ether oxygens (including phenoxy) is 1. The molecule has 0 N–H and O–H groups in total. The van der Waals surface area contributed by atoms with Gasteiger partial charge in [0.15, 0.2) is 0 Å². The van der Waals surface area contributed by atoms with E-state index in [1.165, 1.54) is 0 Å². The first-order valence-corrected chi connectivity index (χ1v) is 6.55. The number of unbranched alkanes of at least 4 members (excludes halogenated alkanes) is 1. The second-order valence-corrected chi connectivity index (χ2v) is 4.52. The Balaban J connectivity index is 1.99. The first-order valence-electron chi connectivity index (χ1n) is 6.55. The fourth-order valence-electron chi connectivity index (χ4n) is 1.60. The molecule has 0 aromatic carbocycles. The van der Waals surface area contributed by atoms with Gasteiger partial charge in [-0.3, -0.25) is 4.79 Å². The average Bonchev–Trinajstić information content (AvgIpc) is 2.79. The van der Waals surface area contributed by atoms with Crippen LogP contribution in [0.3, 0.4) is 0 Å². The van der Waals surface area contributed by atoms with Crippen LogP contribution in [0, 0.1) is 0 Å². The predicted octanol–water partition coefficient (Wildman–Crippen LogP) is 3.89. The summed E-state index contributed by atoms with van der Waals surface area (Å²) in [7, 11) is 0. The van der Waals surface area contributed by atoms with E-state index in [9.17, 15) is 4.79 Å². The second kappa shape index (κ2) is 8.56. The van der Waals surface area contributed by atoms with Gasteiger partial charge >= 0.3 is 5.97 Å². The molecule has 0 aliphatic carbocycles. The highest BCUT2D eigenvalue weighted by molar-refractivity contribution is 5.69. The Hall–Kier alpha value is -1.51. The van der Waals surface area contributed by atoms with Crippen molar-refractivity contribution in [1.29, 1.82) is 0 Å². The highest BCUT2D eigenvalue weighted by atomic mass is 16.5. The predicted molar refractivity (Wildman–Crippen MR) is 71.2 cm³/mol. The number of carbonyl (C=O) groups is 1. The first-order chi connectivity index (χ1) is 8.68. The number of carbonyl (C=O) groups excluding carboxylic acids is 1. The van der Waals surface area contributed by atoms with E-state index in [-0.39, 0.29) is 12.1 Å². The Kier molecular flexibility index (Phi) is 6.92. The molecule has 100 valence electrons. The van der Waals surface area contributed by atoms with Crippen molar-refractivity contribution in [3.8, 4) is 0 Å². The molecule has 0 fully saturated rings. The Morgan fingerprint density at radius 2 is 2.17 bits per heavy atom. The van der Waals surface area contributed by atoms with Crippen molar-refractivity contribution >= 4 is 5.97 Å². The van der Waals surface area contributed by atoms with Crippen LogP contribution in [0.4, 0.5) is 0 Å². The van der Waals surface area contributed by atoms with Gasteiger partial charge in [0.25, 0.3) is 0 Å². The SMILES string of the molecule is CC(C)OC(=O)CCC/C=C\CCc1ccco1. The van der Waals surface area contributed by atoms with Crippen LogP contribution in [-0.4, -0.2) is 12.1 Å². The largest absolute Gasteiger partial charge is 0.469 e. The summed E-state index contributed by atoms with van der Waals surface area (Å²) in [6.45, 7) is 3.73. The van der Waals surface area contributed by atoms with Crippen molar-refractivity contribution < 1.29 is 13.9 Å². The van der Waals surface area contributed by atoms with E-state index in [4.69, 9.17) is 9.15 Å². The van der Waals surface area contributed by atoms with Crippen molar-refractivity contribution in [2.75, 3.05) is 0 Å². The third-order valence-corrected chi connectivity index (χ3v) is 2.42. The van der Waals surface area contributed by atoms with Gasteiger partial charge in [0.1, 0.15) is 5.76 Å². The molecule has 1 aromatic heterocycles. The molecule has 1 aromatic rings. The lowest BCUT2D eigenvalue weighted by atomic mass is 10.2. The zero-order valence-electron chi connectivity index (χ0n) is 11.2. The van der Waals surface area contributed by atoms with Gasteiger partial charge in [-0.2, -0.15) is 0 Å². The van der Waals surface area contributed by atoms with Gasteiger partial charge in [-0.15, -0.1) is 0 Å². The number of hydrogen-bond donors (Lipinski definition) is 0. The van der Waals surface area contributed by atoms with Gasteiger partial charge in [-0.1, -0.05) is 12.2 Å². The van der Waals surface area contributed by atoms with Gasteiger partial charge in [-0.05, 0) is 45.2 Å². The van der Waals surface area contributed by atoms with Crippen LogP contribution in [0.1, 0.15) is 45.3 Å². The van der Waals surface area contributed by atoms with E-state index in [2.05, 4.69) is 12.2 Å². The number of furan rings is 1. The Labute approximate surface area is 109 Å². The smallest absolute Gasteiger partial charge is 0.306 e. The van der Waals surface area contributed by atoms with E-state index < -0.39 is 0 Å². The lowest BCUT2D eigenvalue weighted by Crippen LogP contribution is -2.10. The highest BCUT2D eigenvalue weighted by Crippen LogP contribution is 2.05. The molecule has 0 saturated heterocycles. The molecule has 1 rings (SSSR count). The molecule has 18 heavy (non-hydrogen) atoms. The average molecular weight is 250 g/mol. The van der Waals surface area contributed by atoms with Gasteiger partial charge < -0.3 is 9.15 Å². The molecule has 3 nitrogen and oxygen atoms in total. The van der Waals surface area contributed by atoms with Gasteiger partial charge in [0.2, 0.25) is 0 Å². The third-order valence-electron chi connectivity index (χ3n) is 2.42. The first kappa shape index (κ1) is 14.6. The molecule has 0 unspecified atom stereocenters. The maximum atomic E-state index is 11.2. The van der Waals surface area contributed by atoms with Gasteiger partial charge in [0, 0.05) is 12.8 Å². The summed E-state index contributed by atoms with van der Waals surface area (Å²) >= 11 is 0.